The molecule has 0 aliphatic carbocycles. The second-order valence-corrected chi connectivity index (χ2v) is 7.37. The molecule has 154 valence electrons. The lowest BCUT2D eigenvalue weighted by molar-refractivity contribution is 0.483. The lowest BCUT2D eigenvalue weighted by Crippen LogP contribution is -1.92. The highest BCUT2D eigenvalue weighted by Crippen LogP contribution is 2.42. The van der Waals surface area contributed by atoms with Gasteiger partial charge < -0.3 is 9.47 Å². The van der Waals surface area contributed by atoms with Crippen LogP contribution < -0.4 is 9.47 Å². The maximum Gasteiger partial charge on any atom is 0.135 e. The van der Waals surface area contributed by atoms with Crippen LogP contribution in [-0.4, -0.2) is 0 Å². The minimum Gasteiger partial charge on any atom is -0.457 e. The first-order chi connectivity index (χ1) is 15.9. The lowest BCUT2D eigenvalue weighted by atomic mass is 9.93. The Kier molecular flexibility index (Phi) is 5.67. The Morgan fingerprint density at radius 1 is 0.281 bits per heavy atom. The molecule has 0 aromatic heterocycles. The first-order valence-corrected chi connectivity index (χ1v) is 10.6. The molecule has 2 nitrogen and oxygen atoms in total. The molecule has 0 saturated heterocycles. The number of rotatable bonds is 6. The molecule has 0 heterocycles. The molecule has 0 radical (unpaired) electrons. The van der Waals surface area contributed by atoms with Gasteiger partial charge in [-0.25, -0.2) is 0 Å². The first kappa shape index (κ1) is 19.7. The summed E-state index contributed by atoms with van der Waals surface area (Å²) in [7, 11) is 0. The van der Waals surface area contributed by atoms with E-state index in [1.807, 2.05) is 97.1 Å². The maximum atomic E-state index is 6.25. The molecule has 0 N–H and O–H groups in total. The Bertz CT molecular complexity index is 1210. The van der Waals surface area contributed by atoms with E-state index in [9.17, 15) is 0 Å². The summed E-state index contributed by atoms with van der Waals surface area (Å²) in [6, 6.07) is 44.4. The lowest BCUT2D eigenvalue weighted by Gasteiger charge is -2.17. The Balaban J connectivity index is 1.59. The van der Waals surface area contributed by atoms with E-state index >= 15 is 0 Å². The van der Waals surface area contributed by atoms with E-state index < -0.39 is 0 Å². The van der Waals surface area contributed by atoms with Gasteiger partial charge in [0.2, 0.25) is 0 Å². The molecule has 0 bridgehead atoms. The summed E-state index contributed by atoms with van der Waals surface area (Å²) in [6.07, 6.45) is 0. The van der Waals surface area contributed by atoms with Crippen molar-refractivity contribution in [3.63, 3.8) is 0 Å². The average Bonchev–Trinajstić information content (AvgIpc) is 2.86. The molecule has 0 unspecified atom stereocenters. The van der Waals surface area contributed by atoms with Crippen molar-refractivity contribution >= 4 is 0 Å². The molecule has 2 heteroatoms. The number of hydrogen-bond acceptors (Lipinski definition) is 2. The van der Waals surface area contributed by atoms with E-state index in [1.165, 1.54) is 0 Å². The summed E-state index contributed by atoms with van der Waals surface area (Å²) in [5.41, 5.74) is 4.23. The van der Waals surface area contributed by atoms with Crippen molar-refractivity contribution in [2.45, 2.75) is 0 Å². The van der Waals surface area contributed by atoms with Crippen LogP contribution in [0.4, 0.5) is 0 Å². The predicted molar refractivity (Wildman–Crippen MR) is 130 cm³/mol. The smallest absolute Gasteiger partial charge is 0.135 e. The minimum absolute atomic E-state index is 0.810. The van der Waals surface area contributed by atoms with Crippen LogP contribution in [-0.2, 0) is 0 Å². The molecule has 0 aliphatic heterocycles. The zero-order valence-corrected chi connectivity index (χ0v) is 17.5. The highest BCUT2D eigenvalue weighted by atomic mass is 16.5. The van der Waals surface area contributed by atoms with E-state index in [1.54, 1.807) is 0 Å². The van der Waals surface area contributed by atoms with E-state index in [2.05, 4.69) is 36.4 Å². The molecular weight excluding hydrogens is 392 g/mol. The van der Waals surface area contributed by atoms with Gasteiger partial charge in [0, 0.05) is 11.1 Å². The zero-order valence-electron chi connectivity index (χ0n) is 17.5. The molecule has 0 atom stereocenters. The highest BCUT2D eigenvalue weighted by Gasteiger charge is 2.15. The molecule has 32 heavy (non-hydrogen) atoms. The summed E-state index contributed by atoms with van der Waals surface area (Å²) in [6.45, 7) is 0. The third-order valence-corrected chi connectivity index (χ3v) is 5.22. The van der Waals surface area contributed by atoms with Gasteiger partial charge in [0.05, 0.1) is 0 Å². The Labute approximate surface area is 188 Å². The molecule has 5 aromatic carbocycles. The molecule has 0 aliphatic rings. The van der Waals surface area contributed by atoms with E-state index in [-0.39, 0.29) is 0 Å². The number of benzene rings is 5. The van der Waals surface area contributed by atoms with Crippen LogP contribution in [0.1, 0.15) is 0 Å². The quantitative estimate of drug-likeness (QED) is 0.277. The van der Waals surface area contributed by atoms with Crippen LogP contribution in [0.5, 0.6) is 23.0 Å². The second-order valence-electron chi connectivity index (χ2n) is 7.37. The summed E-state index contributed by atoms with van der Waals surface area (Å²) >= 11 is 0. The van der Waals surface area contributed by atoms with Gasteiger partial charge >= 0.3 is 0 Å². The molecular formula is C30H22O2. The van der Waals surface area contributed by atoms with Crippen molar-refractivity contribution < 1.29 is 9.47 Å². The van der Waals surface area contributed by atoms with Gasteiger partial charge in [-0.15, -0.1) is 0 Å². The van der Waals surface area contributed by atoms with Gasteiger partial charge in [-0.05, 0) is 47.5 Å². The molecule has 5 aromatic rings. The predicted octanol–water partition coefficient (Wildman–Crippen LogP) is 8.61. The fraction of sp³-hybridized carbons (Fsp3) is 0. The summed E-state index contributed by atoms with van der Waals surface area (Å²) < 4.78 is 12.5. The molecule has 0 saturated carbocycles. The van der Waals surface area contributed by atoms with Crippen molar-refractivity contribution in [2.24, 2.45) is 0 Å². The van der Waals surface area contributed by atoms with Crippen LogP contribution in [0, 0.1) is 0 Å². The largest absolute Gasteiger partial charge is 0.457 e. The summed E-state index contributed by atoms with van der Waals surface area (Å²) in [4.78, 5) is 0. The van der Waals surface area contributed by atoms with Crippen molar-refractivity contribution in [1.82, 2.24) is 0 Å². The van der Waals surface area contributed by atoms with Crippen LogP contribution >= 0.6 is 0 Å². The second kappa shape index (κ2) is 9.23. The Hall–Kier alpha value is -4.30. The van der Waals surface area contributed by atoms with E-state index in [4.69, 9.17) is 9.47 Å². The summed E-state index contributed by atoms with van der Waals surface area (Å²) in [5, 5.41) is 0. The Morgan fingerprint density at radius 2 is 0.594 bits per heavy atom. The molecule has 0 fully saturated rings. The SMILES string of the molecule is c1ccc(Oc2ccccc2-c2ccccc2-c2ccccc2Oc2ccccc2)cc1. The third kappa shape index (κ3) is 4.26. The van der Waals surface area contributed by atoms with Gasteiger partial charge in [-0.2, -0.15) is 0 Å². The average molecular weight is 415 g/mol. The van der Waals surface area contributed by atoms with Gasteiger partial charge in [-0.1, -0.05) is 97.1 Å². The third-order valence-electron chi connectivity index (χ3n) is 5.22. The van der Waals surface area contributed by atoms with Gasteiger partial charge in [-0.3, -0.25) is 0 Å². The van der Waals surface area contributed by atoms with Gasteiger partial charge in [0.25, 0.3) is 0 Å². The van der Waals surface area contributed by atoms with Gasteiger partial charge in [0.15, 0.2) is 0 Å². The van der Waals surface area contributed by atoms with Crippen molar-refractivity contribution in [3.05, 3.63) is 133 Å². The van der Waals surface area contributed by atoms with Crippen molar-refractivity contribution in [3.8, 4) is 45.3 Å². The van der Waals surface area contributed by atoms with Crippen LogP contribution in [0.3, 0.4) is 0 Å². The molecule has 0 amide bonds. The van der Waals surface area contributed by atoms with Gasteiger partial charge in [0.1, 0.15) is 23.0 Å². The van der Waals surface area contributed by atoms with Crippen molar-refractivity contribution in [2.75, 3.05) is 0 Å². The number of para-hydroxylation sites is 4. The minimum atomic E-state index is 0.810. The van der Waals surface area contributed by atoms with Crippen LogP contribution in [0.25, 0.3) is 22.3 Å². The molecule has 0 spiro atoms. The number of ether oxygens (including phenoxy) is 2. The Morgan fingerprint density at radius 3 is 1.00 bits per heavy atom. The number of hydrogen-bond donors (Lipinski definition) is 0. The fourth-order valence-electron chi connectivity index (χ4n) is 3.74. The monoisotopic (exact) mass is 414 g/mol. The first-order valence-electron chi connectivity index (χ1n) is 10.6. The fourth-order valence-corrected chi connectivity index (χ4v) is 3.74. The van der Waals surface area contributed by atoms with Crippen molar-refractivity contribution in [1.29, 1.82) is 0 Å². The maximum absolute atomic E-state index is 6.25. The summed E-state index contributed by atoms with van der Waals surface area (Å²) in [5.74, 6) is 3.25. The topological polar surface area (TPSA) is 18.5 Å². The van der Waals surface area contributed by atoms with Crippen LogP contribution in [0.15, 0.2) is 133 Å². The normalized spacial score (nSPS) is 10.5. The standard InChI is InChI=1S/C30H22O2/c1-3-13-23(14-4-1)31-29-21-11-9-19-27(29)25-17-7-8-18-26(25)28-20-10-12-22-30(28)32-24-15-5-2-6-16-24/h1-22H. The molecule has 5 rings (SSSR count). The van der Waals surface area contributed by atoms with E-state index in [0.717, 1.165) is 45.3 Å². The van der Waals surface area contributed by atoms with Crippen LogP contribution in [0.2, 0.25) is 0 Å². The zero-order chi connectivity index (χ0) is 21.6. The van der Waals surface area contributed by atoms with E-state index in [0.29, 0.717) is 0 Å². The highest BCUT2D eigenvalue weighted by molar-refractivity contribution is 5.88.